The van der Waals surface area contributed by atoms with Crippen molar-refractivity contribution in [3.8, 4) is 5.75 Å². The topological polar surface area (TPSA) is 51.1 Å². The van der Waals surface area contributed by atoms with Crippen molar-refractivity contribution in [1.29, 1.82) is 0 Å². The number of anilines is 1. The second-order valence-electron chi connectivity index (χ2n) is 4.17. The van der Waals surface area contributed by atoms with E-state index in [0.29, 0.717) is 22.4 Å². The van der Waals surface area contributed by atoms with Gasteiger partial charge in [0.05, 0.1) is 19.0 Å². The quantitative estimate of drug-likeness (QED) is 0.850. The number of halogens is 1. The molecule has 7 heteroatoms. The van der Waals surface area contributed by atoms with E-state index in [-0.39, 0.29) is 0 Å². The molecule has 1 heterocycles. The van der Waals surface area contributed by atoms with Gasteiger partial charge in [0.25, 0.3) is 0 Å². The van der Waals surface area contributed by atoms with Gasteiger partial charge < -0.3 is 15.4 Å². The van der Waals surface area contributed by atoms with E-state index in [0.717, 1.165) is 11.3 Å². The average molecular weight is 311 g/mol. The van der Waals surface area contributed by atoms with Crippen molar-refractivity contribution < 1.29 is 4.74 Å². The molecule has 20 heavy (non-hydrogen) atoms. The van der Waals surface area contributed by atoms with E-state index in [1.165, 1.54) is 0 Å². The molecule has 0 bridgehead atoms. The highest BCUT2D eigenvalue weighted by Gasteiger charge is 2.06. The largest absolute Gasteiger partial charge is 0.495 e. The molecule has 0 aliphatic rings. The van der Waals surface area contributed by atoms with Crippen molar-refractivity contribution >= 4 is 34.6 Å². The second kappa shape index (κ2) is 6.58. The molecule has 0 radical (unpaired) electrons. The highest BCUT2D eigenvalue weighted by Crippen LogP contribution is 2.27. The van der Waals surface area contributed by atoms with E-state index in [1.54, 1.807) is 36.2 Å². The number of nitrogens with one attached hydrogen (secondary N) is 2. The summed E-state index contributed by atoms with van der Waals surface area (Å²) in [6.45, 7) is 0.600. The number of hydrogen-bond acceptors (Lipinski definition) is 3. The van der Waals surface area contributed by atoms with Gasteiger partial charge in [-0.25, -0.2) is 0 Å². The van der Waals surface area contributed by atoms with Gasteiger partial charge in [-0.2, -0.15) is 5.10 Å². The summed E-state index contributed by atoms with van der Waals surface area (Å²) in [6.07, 6.45) is 3.71. The fraction of sp³-hybridized carbons (Fsp3) is 0.231. The lowest BCUT2D eigenvalue weighted by molar-refractivity contribution is 0.417. The molecule has 0 fully saturated rings. The molecule has 1 aromatic carbocycles. The highest BCUT2D eigenvalue weighted by molar-refractivity contribution is 7.80. The van der Waals surface area contributed by atoms with E-state index in [9.17, 15) is 0 Å². The summed E-state index contributed by atoms with van der Waals surface area (Å²) in [5.74, 6) is 0.680. The number of aromatic nitrogens is 2. The van der Waals surface area contributed by atoms with Crippen molar-refractivity contribution in [1.82, 2.24) is 15.1 Å². The summed E-state index contributed by atoms with van der Waals surface area (Å²) in [5, 5.41) is 11.4. The van der Waals surface area contributed by atoms with Gasteiger partial charge in [-0.05, 0) is 30.4 Å². The van der Waals surface area contributed by atoms with Crippen LogP contribution < -0.4 is 15.4 Å². The molecule has 5 nitrogen and oxygen atoms in total. The van der Waals surface area contributed by atoms with Gasteiger partial charge >= 0.3 is 0 Å². The summed E-state index contributed by atoms with van der Waals surface area (Å²) in [7, 11) is 3.47. The van der Waals surface area contributed by atoms with Gasteiger partial charge in [0, 0.05) is 30.4 Å². The molecule has 0 saturated heterocycles. The van der Waals surface area contributed by atoms with Crippen LogP contribution in [0, 0.1) is 0 Å². The predicted molar refractivity (Wildman–Crippen MR) is 84.3 cm³/mol. The Labute approximate surface area is 127 Å². The first-order chi connectivity index (χ1) is 9.58. The van der Waals surface area contributed by atoms with Crippen LogP contribution in [0.4, 0.5) is 5.69 Å². The minimum atomic E-state index is 0.495. The Morgan fingerprint density at radius 3 is 2.95 bits per heavy atom. The first-order valence-electron chi connectivity index (χ1n) is 5.94. The molecule has 0 amide bonds. The first kappa shape index (κ1) is 14.6. The fourth-order valence-corrected chi connectivity index (χ4v) is 2.04. The van der Waals surface area contributed by atoms with Crippen LogP contribution in [0.15, 0.2) is 30.6 Å². The van der Waals surface area contributed by atoms with Crippen LogP contribution >= 0.6 is 23.8 Å². The lowest BCUT2D eigenvalue weighted by atomic mass is 10.3. The van der Waals surface area contributed by atoms with Crippen LogP contribution in [0.3, 0.4) is 0 Å². The third-order valence-electron chi connectivity index (χ3n) is 2.62. The van der Waals surface area contributed by atoms with Gasteiger partial charge in [-0.3, -0.25) is 4.68 Å². The molecule has 0 atom stereocenters. The Balaban J connectivity index is 1.96. The minimum Gasteiger partial charge on any atom is -0.495 e. The Kier molecular flexibility index (Phi) is 4.81. The zero-order chi connectivity index (χ0) is 14.5. The summed E-state index contributed by atoms with van der Waals surface area (Å²) in [4.78, 5) is 0. The normalized spacial score (nSPS) is 10.2. The van der Waals surface area contributed by atoms with Crippen LogP contribution in [-0.2, 0) is 13.6 Å². The van der Waals surface area contributed by atoms with Gasteiger partial charge in [0.2, 0.25) is 0 Å². The third kappa shape index (κ3) is 3.85. The molecule has 1 aromatic heterocycles. The number of ether oxygens (including phenoxy) is 1. The van der Waals surface area contributed by atoms with E-state index in [2.05, 4.69) is 15.7 Å². The van der Waals surface area contributed by atoms with E-state index >= 15 is 0 Å². The smallest absolute Gasteiger partial charge is 0.171 e. The van der Waals surface area contributed by atoms with Crippen LogP contribution in [0.25, 0.3) is 0 Å². The van der Waals surface area contributed by atoms with Crippen LogP contribution in [0.1, 0.15) is 5.56 Å². The third-order valence-corrected chi connectivity index (χ3v) is 3.10. The van der Waals surface area contributed by atoms with Gasteiger partial charge in [-0.15, -0.1) is 0 Å². The molecule has 0 aliphatic carbocycles. The standard InChI is InChI=1S/C13H15ClN4OS/c1-18-8-9(7-16-18)6-15-13(20)17-11-5-10(14)3-4-12(11)19-2/h3-5,7-8H,6H2,1-2H3,(H2,15,17,20). The first-order valence-corrected chi connectivity index (χ1v) is 6.73. The Hall–Kier alpha value is -1.79. The van der Waals surface area contributed by atoms with Crippen molar-refractivity contribution in [2.24, 2.45) is 7.05 Å². The van der Waals surface area contributed by atoms with E-state index < -0.39 is 0 Å². The maximum atomic E-state index is 5.96. The Bertz CT molecular complexity index is 614. The predicted octanol–water partition coefficient (Wildman–Crippen LogP) is 2.57. The number of rotatable bonds is 4. The molecule has 0 spiro atoms. The number of nitrogens with zero attached hydrogens (tertiary/aromatic N) is 2. The van der Waals surface area contributed by atoms with Crippen molar-refractivity contribution in [2.75, 3.05) is 12.4 Å². The summed E-state index contributed by atoms with van der Waals surface area (Å²) >= 11 is 11.2. The number of hydrogen-bond donors (Lipinski definition) is 2. The lowest BCUT2D eigenvalue weighted by Crippen LogP contribution is -2.27. The monoisotopic (exact) mass is 310 g/mol. The summed E-state index contributed by atoms with van der Waals surface area (Å²) < 4.78 is 6.99. The molecule has 0 unspecified atom stereocenters. The molecule has 0 saturated carbocycles. The zero-order valence-electron chi connectivity index (χ0n) is 11.2. The molecule has 2 aromatic rings. The molecule has 0 aliphatic heterocycles. The zero-order valence-corrected chi connectivity index (χ0v) is 12.8. The number of methoxy groups -OCH3 is 1. The molecule has 2 N–H and O–H groups in total. The van der Waals surface area contributed by atoms with Crippen molar-refractivity contribution in [3.05, 3.63) is 41.2 Å². The van der Waals surface area contributed by atoms with Crippen LogP contribution in [-0.4, -0.2) is 22.0 Å². The summed E-state index contributed by atoms with van der Waals surface area (Å²) in [5.41, 5.74) is 1.78. The van der Waals surface area contributed by atoms with E-state index in [1.807, 2.05) is 13.2 Å². The second-order valence-corrected chi connectivity index (χ2v) is 5.02. The van der Waals surface area contributed by atoms with Crippen molar-refractivity contribution in [3.63, 3.8) is 0 Å². The van der Waals surface area contributed by atoms with Gasteiger partial charge in [-0.1, -0.05) is 11.6 Å². The number of aryl methyl sites for hydroxylation is 1. The minimum absolute atomic E-state index is 0.495. The Morgan fingerprint density at radius 2 is 2.30 bits per heavy atom. The van der Waals surface area contributed by atoms with Gasteiger partial charge in [0.1, 0.15) is 5.75 Å². The SMILES string of the molecule is COc1ccc(Cl)cc1NC(=S)NCc1cnn(C)c1. The fourth-order valence-electron chi connectivity index (χ4n) is 1.69. The lowest BCUT2D eigenvalue weighted by Gasteiger charge is -2.13. The highest BCUT2D eigenvalue weighted by atomic mass is 35.5. The maximum absolute atomic E-state index is 5.96. The van der Waals surface area contributed by atoms with Crippen LogP contribution in [0.5, 0.6) is 5.75 Å². The number of benzene rings is 1. The van der Waals surface area contributed by atoms with Gasteiger partial charge in [0.15, 0.2) is 5.11 Å². The maximum Gasteiger partial charge on any atom is 0.171 e. The van der Waals surface area contributed by atoms with E-state index in [4.69, 9.17) is 28.6 Å². The summed E-state index contributed by atoms with van der Waals surface area (Å²) in [6, 6.07) is 5.31. The van der Waals surface area contributed by atoms with Crippen molar-refractivity contribution in [2.45, 2.75) is 6.54 Å². The average Bonchev–Trinajstić information content (AvgIpc) is 2.83. The number of thiocarbonyl (C=S) groups is 1. The van der Waals surface area contributed by atoms with Crippen LogP contribution in [0.2, 0.25) is 5.02 Å². The molecule has 106 valence electrons. The Morgan fingerprint density at radius 1 is 1.50 bits per heavy atom. The molecular weight excluding hydrogens is 296 g/mol. The molecule has 2 rings (SSSR count). The molecular formula is C13H15ClN4OS.